The number of nitrogens with zero attached hydrogens (tertiary/aromatic N) is 2. The molecule has 0 aliphatic carbocycles. The van der Waals surface area contributed by atoms with Gasteiger partial charge in [-0.3, -0.25) is 0 Å². The zero-order valence-electron chi connectivity index (χ0n) is 11.9. The average Bonchev–Trinajstić information content (AvgIpc) is 2.36. The van der Waals surface area contributed by atoms with Gasteiger partial charge in [0.2, 0.25) is 0 Å². The zero-order valence-corrected chi connectivity index (χ0v) is 11.9. The Morgan fingerprint density at radius 3 is 2.47 bits per heavy atom. The summed E-state index contributed by atoms with van der Waals surface area (Å²) < 4.78 is 26.7. The molecule has 0 saturated carbocycles. The van der Waals surface area contributed by atoms with E-state index in [2.05, 4.69) is 34.4 Å². The molecule has 1 aromatic rings. The van der Waals surface area contributed by atoms with Crippen molar-refractivity contribution in [1.29, 1.82) is 0 Å². The van der Waals surface area contributed by atoms with Crippen LogP contribution in [0.3, 0.4) is 0 Å². The van der Waals surface area contributed by atoms with Gasteiger partial charge >= 0.3 is 0 Å². The van der Waals surface area contributed by atoms with Crippen LogP contribution in [0.25, 0.3) is 0 Å². The highest BCUT2D eigenvalue weighted by atomic mass is 19.1. The lowest BCUT2D eigenvalue weighted by Gasteiger charge is -2.20. The van der Waals surface area contributed by atoms with Crippen LogP contribution in [0.4, 0.5) is 20.4 Å². The van der Waals surface area contributed by atoms with Crippen LogP contribution < -0.4 is 10.6 Å². The molecule has 1 heterocycles. The molecule has 0 fully saturated rings. The van der Waals surface area contributed by atoms with Crippen LogP contribution in [0.15, 0.2) is 6.07 Å². The molecule has 0 unspecified atom stereocenters. The van der Waals surface area contributed by atoms with Crippen molar-refractivity contribution in [3.8, 4) is 0 Å². The van der Waals surface area contributed by atoms with Crippen molar-refractivity contribution in [2.45, 2.75) is 26.3 Å². The summed E-state index contributed by atoms with van der Waals surface area (Å²) in [5.41, 5.74) is 0. The minimum Gasteiger partial charge on any atom is -0.371 e. The maximum atomic E-state index is 13.5. The Morgan fingerprint density at radius 1 is 1.26 bits per heavy atom. The molecule has 0 atom stereocenters. The summed E-state index contributed by atoms with van der Waals surface area (Å²) in [5.74, 6) is -1.24. The van der Waals surface area contributed by atoms with Crippen LogP contribution >= 0.6 is 0 Å². The van der Waals surface area contributed by atoms with Gasteiger partial charge in [0.15, 0.2) is 23.3 Å². The first kappa shape index (κ1) is 15.6. The van der Waals surface area contributed by atoms with E-state index in [0.29, 0.717) is 12.6 Å². The molecule has 1 rings (SSSR count). The molecular weight excluding hydrogens is 250 g/mol. The number of nitrogens with one attached hydrogen (secondary N) is 2. The largest absolute Gasteiger partial charge is 0.371 e. The third kappa shape index (κ3) is 4.63. The summed E-state index contributed by atoms with van der Waals surface area (Å²) in [6, 6.07) is 1.32. The van der Waals surface area contributed by atoms with Gasteiger partial charge in [0.25, 0.3) is 0 Å². The summed E-state index contributed by atoms with van der Waals surface area (Å²) >= 11 is 0. The van der Waals surface area contributed by atoms with E-state index in [9.17, 15) is 8.78 Å². The fourth-order valence-corrected chi connectivity index (χ4v) is 1.56. The Bertz CT molecular complexity index is 410. The monoisotopic (exact) mass is 272 g/mol. The van der Waals surface area contributed by atoms with E-state index in [1.165, 1.54) is 0 Å². The van der Waals surface area contributed by atoms with E-state index in [-0.39, 0.29) is 11.6 Å². The minimum atomic E-state index is -0.690. The molecule has 0 aromatic carbocycles. The zero-order chi connectivity index (χ0) is 14.4. The van der Waals surface area contributed by atoms with Crippen molar-refractivity contribution in [3.05, 3.63) is 17.7 Å². The molecule has 0 aliphatic heterocycles. The summed E-state index contributed by atoms with van der Waals surface area (Å²) in [6.07, 6.45) is 0.863. The number of aromatic nitrogens is 1. The van der Waals surface area contributed by atoms with Crippen LogP contribution in [0, 0.1) is 11.6 Å². The predicted molar refractivity (Wildman–Crippen MR) is 74.6 cm³/mol. The van der Waals surface area contributed by atoms with Gasteiger partial charge in [-0.05, 0) is 33.9 Å². The van der Waals surface area contributed by atoms with Crippen molar-refractivity contribution >= 4 is 11.6 Å². The number of anilines is 2. The Hall–Kier alpha value is -1.43. The van der Waals surface area contributed by atoms with E-state index >= 15 is 0 Å². The van der Waals surface area contributed by atoms with Crippen LogP contribution in [0.2, 0.25) is 0 Å². The SMILES string of the molecule is CNc1nc(NCCCN(C)C(C)C)c(F)cc1F. The molecule has 19 heavy (non-hydrogen) atoms. The van der Waals surface area contributed by atoms with E-state index in [4.69, 9.17) is 0 Å². The fraction of sp³-hybridized carbons (Fsp3) is 0.615. The predicted octanol–water partition coefficient (Wildman–Crippen LogP) is 2.54. The first-order valence-electron chi connectivity index (χ1n) is 6.43. The van der Waals surface area contributed by atoms with E-state index < -0.39 is 11.6 Å². The lowest BCUT2D eigenvalue weighted by atomic mass is 10.3. The highest BCUT2D eigenvalue weighted by molar-refractivity contribution is 5.47. The lowest BCUT2D eigenvalue weighted by molar-refractivity contribution is 0.273. The summed E-state index contributed by atoms with van der Waals surface area (Å²) in [5, 5.41) is 5.48. The molecule has 0 saturated heterocycles. The quantitative estimate of drug-likeness (QED) is 0.748. The molecule has 0 spiro atoms. The second kappa shape index (κ2) is 7.23. The summed E-state index contributed by atoms with van der Waals surface area (Å²) in [6.45, 7) is 5.74. The molecule has 0 amide bonds. The smallest absolute Gasteiger partial charge is 0.168 e. The highest BCUT2D eigenvalue weighted by Gasteiger charge is 2.10. The summed E-state index contributed by atoms with van der Waals surface area (Å²) in [4.78, 5) is 6.06. The van der Waals surface area contributed by atoms with E-state index in [0.717, 1.165) is 19.0 Å². The number of halogens is 2. The van der Waals surface area contributed by atoms with Crippen molar-refractivity contribution in [2.24, 2.45) is 0 Å². The Morgan fingerprint density at radius 2 is 1.89 bits per heavy atom. The third-order valence-electron chi connectivity index (χ3n) is 3.03. The molecule has 0 bridgehead atoms. The second-order valence-electron chi connectivity index (χ2n) is 4.75. The van der Waals surface area contributed by atoms with Crippen molar-refractivity contribution in [1.82, 2.24) is 9.88 Å². The van der Waals surface area contributed by atoms with E-state index in [1.807, 2.05) is 7.05 Å². The van der Waals surface area contributed by atoms with Gasteiger partial charge in [0, 0.05) is 25.7 Å². The molecule has 0 aliphatic rings. The van der Waals surface area contributed by atoms with Crippen LogP contribution in [0.1, 0.15) is 20.3 Å². The van der Waals surface area contributed by atoms with Gasteiger partial charge < -0.3 is 15.5 Å². The van der Waals surface area contributed by atoms with E-state index in [1.54, 1.807) is 7.05 Å². The third-order valence-corrected chi connectivity index (χ3v) is 3.03. The topological polar surface area (TPSA) is 40.2 Å². The molecule has 6 heteroatoms. The van der Waals surface area contributed by atoms with Gasteiger partial charge in [-0.25, -0.2) is 13.8 Å². The summed E-state index contributed by atoms with van der Waals surface area (Å²) in [7, 11) is 3.59. The average molecular weight is 272 g/mol. The van der Waals surface area contributed by atoms with Gasteiger partial charge in [0.1, 0.15) is 0 Å². The first-order chi connectivity index (χ1) is 8.95. The van der Waals surface area contributed by atoms with Crippen molar-refractivity contribution < 1.29 is 8.78 Å². The molecule has 108 valence electrons. The fourth-order valence-electron chi connectivity index (χ4n) is 1.56. The standard InChI is InChI=1S/C13H22F2N4/c1-9(2)19(4)7-5-6-17-13-11(15)8-10(14)12(16-3)18-13/h8-9H,5-7H2,1-4H3,(H2,16,17,18). The maximum Gasteiger partial charge on any atom is 0.168 e. The Labute approximate surface area is 113 Å². The molecule has 1 aromatic heterocycles. The number of pyridine rings is 1. The molecule has 0 radical (unpaired) electrons. The molecule has 4 nitrogen and oxygen atoms in total. The molecular formula is C13H22F2N4. The van der Waals surface area contributed by atoms with Crippen LogP contribution in [-0.2, 0) is 0 Å². The van der Waals surface area contributed by atoms with Gasteiger partial charge in [-0.1, -0.05) is 0 Å². The van der Waals surface area contributed by atoms with Crippen molar-refractivity contribution in [3.63, 3.8) is 0 Å². The van der Waals surface area contributed by atoms with Gasteiger partial charge in [-0.2, -0.15) is 0 Å². The van der Waals surface area contributed by atoms with Crippen molar-refractivity contribution in [2.75, 3.05) is 37.8 Å². The number of rotatable bonds is 7. The Kier molecular flexibility index (Phi) is 5.95. The van der Waals surface area contributed by atoms with Crippen LogP contribution in [-0.4, -0.2) is 43.1 Å². The second-order valence-corrected chi connectivity index (χ2v) is 4.75. The number of hydrogen-bond acceptors (Lipinski definition) is 4. The minimum absolute atomic E-state index is 0.0446. The normalized spacial score (nSPS) is 11.2. The number of hydrogen-bond donors (Lipinski definition) is 2. The van der Waals surface area contributed by atoms with Gasteiger partial charge in [-0.15, -0.1) is 0 Å². The molecule has 2 N–H and O–H groups in total. The highest BCUT2D eigenvalue weighted by Crippen LogP contribution is 2.18. The first-order valence-corrected chi connectivity index (χ1v) is 6.43. The Balaban J connectivity index is 2.49. The van der Waals surface area contributed by atoms with Gasteiger partial charge in [0.05, 0.1) is 0 Å². The van der Waals surface area contributed by atoms with Crippen LogP contribution in [0.5, 0.6) is 0 Å². The maximum absolute atomic E-state index is 13.5. The lowest BCUT2D eigenvalue weighted by Crippen LogP contribution is -2.28.